The number of ether oxygens (including phenoxy) is 1. The van der Waals surface area contributed by atoms with Crippen LogP contribution in [0.25, 0.3) is 11.3 Å². The van der Waals surface area contributed by atoms with E-state index in [1.165, 1.54) is 0 Å². The monoisotopic (exact) mass is 258 g/mol. The highest BCUT2D eigenvalue weighted by molar-refractivity contribution is 5.62. The molecule has 2 aromatic rings. The highest BCUT2D eigenvalue weighted by Gasteiger charge is 2.03. The van der Waals surface area contributed by atoms with Crippen LogP contribution in [0, 0.1) is 5.92 Å². The average molecular weight is 258 g/mol. The summed E-state index contributed by atoms with van der Waals surface area (Å²) in [5.41, 5.74) is 7.09. The molecule has 0 aliphatic heterocycles. The van der Waals surface area contributed by atoms with Gasteiger partial charge >= 0.3 is 0 Å². The molecule has 1 heterocycles. The van der Waals surface area contributed by atoms with Crippen LogP contribution >= 0.6 is 0 Å². The standard InChI is InChI=1S/C15H18N2O2/c1-10(2)9-19-12-5-3-4-11(8-12)14-7-6-13(16)15(18)17-14/h3-8,10H,9,16H2,1-2H3,(H,17,18). The quantitative estimate of drug-likeness (QED) is 0.885. The van der Waals surface area contributed by atoms with Gasteiger partial charge in [-0.05, 0) is 30.2 Å². The Balaban J connectivity index is 2.27. The number of hydrogen-bond donors (Lipinski definition) is 2. The van der Waals surface area contributed by atoms with E-state index in [1.807, 2.05) is 24.3 Å². The van der Waals surface area contributed by atoms with Gasteiger partial charge in [-0.25, -0.2) is 0 Å². The van der Waals surface area contributed by atoms with E-state index in [4.69, 9.17) is 10.5 Å². The van der Waals surface area contributed by atoms with Gasteiger partial charge in [0.15, 0.2) is 0 Å². The number of nitrogen functional groups attached to an aromatic ring is 1. The smallest absolute Gasteiger partial charge is 0.271 e. The number of H-pyrrole nitrogens is 1. The molecule has 100 valence electrons. The van der Waals surface area contributed by atoms with E-state index in [0.717, 1.165) is 17.0 Å². The molecule has 0 spiro atoms. The Labute approximate surface area is 112 Å². The minimum atomic E-state index is -0.272. The summed E-state index contributed by atoms with van der Waals surface area (Å²) in [5, 5.41) is 0. The van der Waals surface area contributed by atoms with E-state index in [1.54, 1.807) is 12.1 Å². The molecule has 3 N–H and O–H groups in total. The van der Waals surface area contributed by atoms with Gasteiger partial charge in [0, 0.05) is 11.3 Å². The van der Waals surface area contributed by atoms with E-state index in [2.05, 4.69) is 18.8 Å². The molecular formula is C15H18N2O2. The van der Waals surface area contributed by atoms with Crippen molar-refractivity contribution < 1.29 is 4.74 Å². The van der Waals surface area contributed by atoms with Crippen LogP contribution in [0.4, 0.5) is 5.69 Å². The summed E-state index contributed by atoms with van der Waals surface area (Å²) in [5.74, 6) is 1.27. The van der Waals surface area contributed by atoms with Crippen molar-refractivity contribution in [3.8, 4) is 17.0 Å². The zero-order chi connectivity index (χ0) is 13.8. The van der Waals surface area contributed by atoms with Gasteiger partial charge in [-0.3, -0.25) is 4.79 Å². The van der Waals surface area contributed by atoms with Crippen molar-refractivity contribution in [1.29, 1.82) is 0 Å². The fraction of sp³-hybridized carbons (Fsp3) is 0.267. The Morgan fingerprint density at radius 2 is 2.05 bits per heavy atom. The van der Waals surface area contributed by atoms with Crippen LogP contribution in [0.3, 0.4) is 0 Å². The molecular weight excluding hydrogens is 240 g/mol. The second-order valence-corrected chi connectivity index (χ2v) is 4.89. The van der Waals surface area contributed by atoms with Gasteiger partial charge in [0.2, 0.25) is 0 Å². The molecule has 2 rings (SSSR count). The third-order valence-corrected chi connectivity index (χ3v) is 2.67. The van der Waals surface area contributed by atoms with E-state index in [0.29, 0.717) is 12.5 Å². The van der Waals surface area contributed by atoms with Gasteiger partial charge in [0.25, 0.3) is 5.56 Å². The molecule has 0 amide bonds. The Hall–Kier alpha value is -2.23. The normalized spacial score (nSPS) is 10.7. The van der Waals surface area contributed by atoms with E-state index in [9.17, 15) is 4.79 Å². The molecule has 0 radical (unpaired) electrons. The molecule has 0 aliphatic carbocycles. The molecule has 0 unspecified atom stereocenters. The van der Waals surface area contributed by atoms with Gasteiger partial charge < -0.3 is 15.5 Å². The third kappa shape index (κ3) is 3.37. The molecule has 0 saturated heterocycles. The maximum atomic E-state index is 11.5. The highest BCUT2D eigenvalue weighted by Crippen LogP contribution is 2.22. The minimum absolute atomic E-state index is 0.218. The first-order chi connectivity index (χ1) is 9.06. The van der Waals surface area contributed by atoms with Crippen molar-refractivity contribution in [2.24, 2.45) is 5.92 Å². The molecule has 0 fully saturated rings. The number of aromatic amines is 1. The van der Waals surface area contributed by atoms with Gasteiger partial charge in [-0.1, -0.05) is 26.0 Å². The lowest BCUT2D eigenvalue weighted by molar-refractivity contribution is 0.271. The predicted octanol–water partition coefficient (Wildman–Crippen LogP) is 2.66. The van der Waals surface area contributed by atoms with E-state index in [-0.39, 0.29) is 11.2 Å². The maximum Gasteiger partial charge on any atom is 0.271 e. The Kier molecular flexibility index (Phi) is 3.90. The van der Waals surface area contributed by atoms with Crippen molar-refractivity contribution in [3.63, 3.8) is 0 Å². The molecule has 19 heavy (non-hydrogen) atoms. The van der Waals surface area contributed by atoms with E-state index < -0.39 is 0 Å². The van der Waals surface area contributed by atoms with Crippen molar-refractivity contribution in [2.45, 2.75) is 13.8 Å². The van der Waals surface area contributed by atoms with Crippen LogP contribution in [0.1, 0.15) is 13.8 Å². The maximum absolute atomic E-state index is 11.5. The fourth-order valence-electron chi connectivity index (χ4n) is 1.67. The van der Waals surface area contributed by atoms with Gasteiger partial charge in [0.05, 0.1) is 12.3 Å². The molecule has 4 heteroatoms. The molecule has 1 aromatic heterocycles. The summed E-state index contributed by atoms with van der Waals surface area (Å²) in [6, 6.07) is 11.0. The van der Waals surface area contributed by atoms with Gasteiger partial charge in [-0.15, -0.1) is 0 Å². The largest absolute Gasteiger partial charge is 0.493 e. The zero-order valence-corrected chi connectivity index (χ0v) is 11.1. The van der Waals surface area contributed by atoms with Crippen LogP contribution in [0.5, 0.6) is 5.75 Å². The summed E-state index contributed by atoms with van der Waals surface area (Å²) >= 11 is 0. The number of nitrogens with one attached hydrogen (secondary N) is 1. The number of aromatic nitrogens is 1. The number of pyridine rings is 1. The summed E-state index contributed by atoms with van der Waals surface area (Å²) in [4.78, 5) is 14.2. The SMILES string of the molecule is CC(C)COc1cccc(-c2ccc(N)c(=O)[nH]2)c1. The lowest BCUT2D eigenvalue weighted by atomic mass is 10.1. The first-order valence-corrected chi connectivity index (χ1v) is 6.28. The Bertz CT molecular complexity index is 618. The lowest BCUT2D eigenvalue weighted by Crippen LogP contribution is -2.11. The topological polar surface area (TPSA) is 68.1 Å². The summed E-state index contributed by atoms with van der Waals surface area (Å²) < 4.78 is 5.67. The second-order valence-electron chi connectivity index (χ2n) is 4.89. The number of benzene rings is 1. The van der Waals surface area contributed by atoms with Crippen molar-refractivity contribution in [2.75, 3.05) is 12.3 Å². The van der Waals surface area contributed by atoms with Crippen LogP contribution in [-0.2, 0) is 0 Å². The lowest BCUT2D eigenvalue weighted by Gasteiger charge is -2.10. The summed E-state index contributed by atoms with van der Waals surface area (Å²) in [7, 11) is 0. The van der Waals surface area contributed by atoms with Crippen LogP contribution in [0.2, 0.25) is 0 Å². The highest BCUT2D eigenvalue weighted by atomic mass is 16.5. The molecule has 4 nitrogen and oxygen atoms in total. The van der Waals surface area contributed by atoms with Gasteiger partial charge in [-0.2, -0.15) is 0 Å². The average Bonchev–Trinajstić information content (AvgIpc) is 2.40. The van der Waals surface area contributed by atoms with Crippen molar-refractivity contribution in [1.82, 2.24) is 4.98 Å². The van der Waals surface area contributed by atoms with E-state index >= 15 is 0 Å². The molecule has 0 saturated carbocycles. The minimum Gasteiger partial charge on any atom is -0.493 e. The fourth-order valence-corrected chi connectivity index (χ4v) is 1.67. The zero-order valence-electron chi connectivity index (χ0n) is 11.1. The summed E-state index contributed by atoms with van der Waals surface area (Å²) in [6.45, 7) is 4.87. The number of rotatable bonds is 4. The predicted molar refractivity (Wildman–Crippen MR) is 77.2 cm³/mol. The van der Waals surface area contributed by atoms with Crippen molar-refractivity contribution in [3.05, 3.63) is 46.8 Å². The number of anilines is 1. The first-order valence-electron chi connectivity index (χ1n) is 6.28. The van der Waals surface area contributed by atoms with Crippen LogP contribution < -0.4 is 16.0 Å². The Morgan fingerprint density at radius 3 is 2.74 bits per heavy atom. The Morgan fingerprint density at radius 1 is 1.26 bits per heavy atom. The van der Waals surface area contributed by atoms with Crippen molar-refractivity contribution >= 4 is 5.69 Å². The first kappa shape index (κ1) is 13.2. The molecule has 0 bridgehead atoms. The third-order valence-electron chi connectivity index (χ3n) is 2.67. The number of nitrogens with two attached hydrogens (primary N) is 1. The summed E-state index contributed by atoms with van der Waals surface area (Å²) in [6.07, 6.45) is 0. The van der Waals surface area contributed by atoms with Crippen LogP contribution in [-0.4, -0.2) is 11.6 Å². The van der Waals surface area contributed by atoms with Crippen LogP contribution in [0.15, 0.2) is 41.2 Å². The molecule has 0 aliphatic rings. The number of hydrogen-bond acceptors (Lipinski definition) is 3. The second kappa shape index (κ2) is 5.61. The molecule has 0 atom stereocenters. The van der Waals surface area contributed by atoms with Gasteiger partial charge in [0.1, 0.15) is 5.75 Å². The molecule has 1 aromatic carbocycles.